The molecule has 3 rings (SSSR count). The standard InChI is InChI=1S/C20H17ClN4O/c21-14-8-4-7-13(10-14)17-15(11-22)19(24)26-20(25)18(17)16(23)9-12-5-2-1-3-6-12/h1-8,10,17,25H,9,23-24H2. The van der Waals surface area contributed by atoms with Gasteiger partial charge in [0.05, 0.1) is 5.92 Å². The van der Waals surface area contributed by atoms with Crippen molar-refractivity contribution >= 4 is 17.5 Å². The third kappa shape index (κ3) is 3.41. The lowest BCUT2D eigenvalue weighted by Crippen LogP contribution is -2.29. The van der Waals surface area contributed by atoms with Crippen molar-refractivity contribution in [3.63, 3.8) is 0 Å². The maximum Gasteiger partial charge on any atom is 0.219 e. The molecule has 2 aromatic rings. The van der Waals surface area contributed by atoms with Crippen LogP contribution in [0.1, 0.15) is 17.0 Å². The first kappa shape index (κ1) is 17.6. The zero-order valence-electron chi connectivity index (χ0n) is 13.9. The third-order valence-corrected chi connectivity index (χ3v) is 4.42. The number of nitriles is 1. The van der Waals surface area contributed by atoms with E-state index in [2.05, 4.69) is 6.07 Å². The molecule has 2 aromatic carbocycles. The van der Waals surface area contributed by atoms with Crippen LogP contribution in [0.25, 0.3) is 0 Å². The average Bonchev–Trinajstić information content (AvgIpc) is 2.61. The number of benzene rings is 2. The van der Waals surface area contributed by atoms with Crippen molar-refractivity contribution in [2.24, 2.45) is 11.5 Å². The van der Waals surface area contributed by atoms with Gasteiger partial charge in [-0.2, -0.15) is 5.26 Å². The summed E-state index contributed by atoms with van der Waals surface area (Å²) in [4.78, 5) is 0. The third-order valence-electron chi connectivity index (χ3n) is 4.19. The van der Waals surface area contributed by atoms with E-state index in [1.807, 2.05) is 36.4 Å². The molecule has 0 saturated heterocycles. The Hall–Kier alpha value is -3.23. The number of allylic oxidation sites excluding steroid dienone is 2. The summed E-state index contributed by atoms with van der Waals surface area (Å²) in [6.07, 6.45) is 0.428. The van der Waals surface area contributed by atoms with Gasteiger partial charge >= 0.3 is 0 Å². The Bertz CT molecular complexity index is 957. The maximum atomic E-state index is 9.60. The molecule has 1 heterocycles. The quantitative estimate of drug-likeness (QED) is 0.773. The van der Waals surface area contributed by atoms with Crippen molar-refractivity contribution < 1.29 is 4.74 Å². The van der Waals surface area contributed by atoms with E-state index in [1.54, 1.807) is 18.2 Å². The molecule has 130 valence electrons. The van der Waals surface area contributed by atoms with Crippen LogP contribution in [-0.4, -0.2) is 5.90 Å². The number of nitrogens with two attached hydrogens (primary N) is 2. The van der Waals surface area contributed by atoms with Crippen LogP contribution in [0.3, 0.4) is 0 Å². The molecule has 1 atom stereocenters. The molecule has 0 amide bonds. The number of ether oxygens (including phenoxy) is 1. The van der Waals surface area contributed by atoms with Crippen molar-refractivity contribution in [1.82, 2.24) is 0 Å². The Balaban J connectivity index is 2.15. The first-order chi connectivity index (χ1) is 12.5. The molecule has 1 aliphatic heterocycles. The minimum Gasteiger partial charge on any atom is -0.422 e. The lowest BCUT2D eigenvalue weighted by molar-refractivity contribution is 0.383. The minimum atomic E-state index is -0.594. The monoisotopic (exact) mass is 364 g/mol. The smallest absolute Gasteiger partial charge is 0.219 e. The zero-order chi connectivity index (χ0) is 18.7. The van der Waals surface area contributed by atoms with E-state index in [0.29, 0.717) is 22.7 Å². The van der Waals surface area contributed by atoms with Crippen molar-refractivity contribution in [2.45, 2.75) is 12.3 Å². The number of nitrogens with one attached hydrogen (secondary N) is 1. The lowest BCUT2D eigenvalue weighted by Gasteiger charge is -2.28. The van der Waals surface area contributed by atoms with Crippen LogP contribution in [0.15, 0.2) is 77.3 Å². The van der Waals surface area contributed by atoms with E-state index in [1.165, 1.54) is 0 Å². The van der Waals surface area contributed by atoms with Gasteiger partial charge < -0.3 is 16.2 Å². The predicted molar refractivity (Wildman–Crippen MR) is 101 cm³/mol. The maximum absolute atomic E-state index is 9.60. The number of hydrogen-bond acceptors (Lipinski definition) is 5. The number of nitrogens with zero attached hydrogens (tertiary/aromatic N) is 1. The molecule has 0 spiro atoms. The summed E-state index contributed by atoms with van der Waals surface area (Å²) in [5.74, 6) is -0.831. The van der Waals surface area contributed by atoms with Gasteiger partial charge in [0.15, 0.2) is 0 Å². The van der Waals surface area contributed by atoms with Gasteiger partial charge in [0, 0.05) is 22.7 Å². The van der Waals surface area contributed by atoms with Crippen LogP contribution in [-0.2, 0) is 11.2 Å². The molecule has 5 N–H and O–H groups in total. The summed E-state index contributed by atoms with van der Waals surface area (Å²) in [7, 11) is 0. The van der Waals surface area contributed by atoms with Crippen LogP contribution in [0.4, 0.5) is 0 Å². The first-order valence-corrected chi connectivity index (χ1v) is 8.33. The fourth-order valence-corrected chi connectivity index (χ4v) is 3.22. The molecule has 0 aliphatic carbocycles. The summed E-state index contributed by atoms with van der Waals surface area (Å²) >= 11 is 6.12. The first-order valence-electron chi connectivity index (χ1n) is 7.95. The SMILES string of the molecule is N#CC1=C(N)OC(=N)C(=C(N)Cc2ccccc2)C1c1cccc(Cl)c1. The fourth-order valence-electron chi connectivity index (χ4n) is 3.02. The second-order valence-corrected chi connectivity index (χ2v) is 6.35. The Morgan fingerprint density at radius 2 is 1.92 bits per heavy atom. The van der Waals surface area contributed by atoms with E-state index in [0.717, 1.165) is 11.1 Å². The van der Waals surface area contributed by atoms with Gasteiger partial charge in [-0.1, -0.05) is 54.1 Å². The Labute approximate surface area is 156 Å². The van der Waals surface area contributed by atoms with Crippen molar-refractivity contribution in [2.75, 3.05) is 0 Å². The summed E-state index contributed by atoms with van der Waals surface area (Å²) < 4.78 is 5.29. The zero-order valence-corrected chi connectivity index (χ0v) is 14.6. The van der Waals surface area contributed by atoms with Gasteiger partial charge in [-0.25, -0.2) is 0 Å². The molecule has 0 saturated carbocycles. The van der Waals surface area contributed by atoms with Gasteiger partial charge in [0.25, 0.3) is 0 Å². The van der Waals surface area contributed by atoms with Gasteiger partial charge in [-0.15, -0.1) is 0 Å². The molecule has 0 bridgehead atoms. The van der Waals surface area contributed by atoms with Crippen LogP contribution in [0, 0.1) is 16.7 Å². The van der Waals surface area contributed by atoms with Gasteiger partial charge in [0.1, 0.15) is 11.6 Å². The molecule has 26 heavy (non-hydrogen) atoms. The highest BCUT2D eigenvalue weighted by Gasteiger charge is 2.35. The van der Waals surface area contributed by atoms with E-state index in [-0.39, 0.29) is 17.4 Å². The van der Waals surface area contributed by atoms with Crippen molar-refractivity contribution in [1.29, 1.82) is 10.7 Å². The minimum absolute atomic E-state index is 0.0845. The van der Waals surface area contributed by atoms with Gasteiger partial charge in [0.2, 0.25) is 11.8 Å². The largest absolute Gasteiger partial charge is 0.422 e. The second-order valence-electron chi connectivity index (χ2n) is 5.91. The highest BCUT2D eigenvalue weighted by atomic mass is 35.5. The Morgan fingerprint density at radius 1 is 1.19 bits per heavy atom. The number of hydrogen-bond donors (Lipinski definition) is 3. The number of rotatable bonds is 3. The molecule has 1 aliphatic rings. The molecule has 1 unspecified atom stereocenters. The molecule has 0 fully saturated rings. The van der Waals surface area contributed by atoms with E-state index >= 15 is 0 Å². The van der Waals surface area contributed by atoms with Gasteiger partial charge in [-0.3, -0.25) is 5.41 Å². The van der Waals surface area contributed by atoms with Crippen LogP contribution in [0.5, 0.6) is 0 Å². The molecule has 0 aromatic heterocycles. The second kappa shape index (κ2) is 7.34. The Morgan fingerprint density at radius 3 is 2.58 bits per heavy atom. The van der Waals surface area contributed by atoms with E-state index in [4.69, 9.17) is 33.2 Å². The number of halogens is 1. The molecule has 5 nitrogen and oxygen atoms in total. The molecular weight excluding hydrogens is 348 g/mol. The summed E-state index contributed by atoms with van der Waals surface area (Å²) in [6, 6.07) is 18.8. The average molecular weight is 365 g/mol. The van der Waals surface area contributed by atoms with Gasteiger partial charge in [-0.05, 0) is 23.3 Å². The van der Waals surface area contributed by atoms with Crippen molar-refractivity contribution in [3.05, 3.63) is 93.5 Å². The summed E-state index contributed by atoms with van der Waals surface area (Å²) in [5.41, 5.74) is 15.0. The van der Waals surface area contributed by atoms with Crippen LogP contribution in [0.2, 0.25) is 5.02 Å². The fraction of sp³-hybridized carbons (Fsp3) is 0.100. The molecular formula is C20H17ClN4O. The summed E-state index contributed by atoms with van der Waals surface area (Å²) in [5, 5.41) is 18.4. The normalized spacial score (nSPS) is 18.9. The lowest BCUT2D eigenvalue weighted by atomic mass is 9.81. The molecule has 6 heteroatoms. The molecule has 0 radical (unpaired) electrons. The predicted octanol–water partition coefficient (Wildman–Crippen LogP) is 3.58. The van der Waals surface area contributed by atoms with Crippen LogP contribution < -0.4 is 11.5 Å². The topological polar surface area (TPSA) is 109 Å². The Kier molecular flexibility index (Phi) is 4.97. The summed E-state index contributed by atoms with van der Waals surface area (Å²) in [6.45, 7) is 0. The van der Waals surface area contributed by atoms with E-state index in [9.17, 15) is 5.26 Å². The van der Waals surface area contributed by atoms with Crippen LogP contribution >= 0.6 is 11.6 Å². The van der Waals surface area contributed by atoms with Crippen molar-refractivity contribution in [3.8, 4) is 6.07 Å². The highest BCUT2D eigenvalue weighted by molar-refractivity contribution is 6.30. The van der Waals surface area contributed by atoms with E-state index < -0.39 is 5.92 Å². The highest BCUT2D eigenvalue weighted by Crippen LogP contribution is 2.39.